The highest BCUT2D eigenvalue weighted by molar-refractivity contribution is 5.99. The lowest BCUT2D eigenvalue weighted by Gasteiger charge is -2.11. The smallest absolute Gasteiger partial charge is 0.313 e. The van der Waals surface area contributed by atoms with Crippen LogP contribution in [0.3, 0.4) is 0 Å². The second-order valence-electron chi connectivity index (χ2n) is 3.14. The van der Waals surface area contributed by atoms with Gasteiger partial charge in [0.05, 0.1) is 12.1 Å². The molecule has 6 heteroatoms. The van der Waals surface area contributed by atoms with Crippen molar-refractivity contribution in [1.82, 2.24) is 5.32 Å². The van der Waals surface area contributed by atoms with Crippen LogP contribution < -0.4 is 5.32 Å². The summed E-state index contributed by atoms with van der Waals surface area (Å²) in [5, 5.41) is 2.42. The van der Waals surface area contributed by atoms with Crippen molar-refractivity contribution in [2.45, 2.75) is 6.18 Å². The summed E-state index contributed by atoms with van der Waals surface area (Å²) in [7, 11) is 1.42. The zero-order valence-electron chi connectivity index (χ0n) is 8.36. The number of rotatable bonds is 3. The fraction of sp³-hybridized carbons (Fsp3) is 0.300. The molecule has 0 saturated heterocycles. The van der Waals surface area contributed by atoms with E-state index in [0.717, 1.165) is 0 Å². The summed E-state index contributed by atoms with van der Waals surface area (Å²) in [6, 6.07) is 1.85. The van der Waals surface area contributed by atoms with E-state index in [1.54, 1.807) is 0 Å². The van der Waals surface area contributed by atoms with E-state index < -0.39 is 28.9 Å². The average Bonchev–Trinajstić information content (AvgIpc) is 2.16. The topological polar surface area (TPSA) is 29.1 Å². The van der Waals surface area contributed by atoms with Crippen LogP contribution in [0.4, 0.5) is 17.6 Å². The molecule has 0 unspecified atom stereocenters. The number of nitrogens with one attached hydrogen (secondary N) is 1. The van der Waals surface area contributed by atoms with E-state index in [0.29, 0.717) is 18.2 Å². The third kappa shape index (κ3) is 2.79. The van der Waals surface area contributed by atoms with Crippen LogP contribution in [0.15, 0.2) is 18.2 Å². The van der Waals surface area contributed by atoms with Crippen LogP contribution in [0.1, 0.15) is 15.9 Å². The third-order valence-corrected chi connectivity index (χ3v) is 1.92. The summed E-state index contributed by atoms with van der Waals surface area (Å²) in [5.41, 5.74) is -1.77. The van der Waals surface area contributed by atoms with E-state index in [1.165, 1.54) is 7.05 Å². The quantitative estimate of drug-likeness (QED) is 0.643. The molecule has 0 saturated carbocycles. The second-order valence-corrected chi connectivity index (χ2v) is 3.14. The third-order valence-electron chi connectivity index (χ3n) is 1.92. The number of halogens is 4. The molecule has 0 fully saturated rings. The van der Waals surface area contributed by atoms with Crippen molar-refractivity contribution in [3.63, 3.8) is 0 Å². The number of ketones is 1. The van der Waals surface area contributed by atoms with E-state index in [1.807, 2.05) is 0 Å². The first kappa shape index (κ1) is 12.6. The van der Waals surface area contributed by atoms with Crippen molar-refractivity contribution in [3.8, 4) is 0 Å². The number of hydrogen-bond acceptors (Lipinski definition) is 2. The molecule has 0 bridgehead atoms. The normalized spacial score (nSPS) is 11.6. The van der Waals surface area contributed by atoms with Crippen LogP contribution >= 0.6 is 0 Å². The van der Waals surface area contributed by atoms with Gasteiger partial charge in [-0.2, -0.15) is 13.2 Å². The molecule has 2 nitrogen and oxygen atoms in total. The summed E-state index contributed by atoms with van der Waals surface area (Å²) in [6.45, 7) is -0.271. The molecule has 0 aromatic heterocycles. The first-order valence-corrected chi connectivity index (χ1v) is 4.41. The van der Waals surface area contributed by atoms with Crippen molar-refractivity contribution >= 4 is 5.78 Å². The van der Waals surface area contributed by atoms with Gasteiger partial charge in [0.1, 0.15) is 5.82 Å². The minimum Gasteiger partial charge on any atom is -0.313 e. The zero-order chi connectivity index (χ0) is 12.3. The Balaban J connectivity index is 3.24. The van der Waals surface area contributed by atoms with Gasteiger partial charge in [-0.1, -0.05) is 0 Å². The first-order valence-electron chi connectivity index (χ1n) is 4.41. The van der Waals surface area contributed by atoms with Crippen LogP contribution in [0, 0.1) is 5.82 Å². The Hall–Kier alpha value is -1.43. The number of likely N-dealkylation sites (N-methyl/N-ethyl adjacent to an activating group) is 1. The Morgan fingerprint density at radius 3 is 2.50 bits per heavy atom. The van der Waals surface area contributed by atoms with Gasteiger partial charge in [0, 0.05) is 5.56 Å². The van der Waals surface area contributed by atoms with Crippen molar-refractivity contribution in [2.24, 2.45) is 0 Å². The van der Waals surface area contributed by atoms with Gasteiger partial charge in [-0.3, -0.25) is 4.79 Å². The Kier molecular flexibility index (Phi) is 3.64. The van der Waals surface area contributed by atoms with E-state index in [9.17, 15) is 22.4 Å². The molecule has 16 heavy (non-hydrogen) atoms. The van der Waals surface area contributed by atoms with Gasteiger partial charge in [0.15, 0.2) is 5.78 Å². The molecule has 0 aliphatic heterocycles. The van der Waals surface area contributed by atoms with Crippen molar-refractivity contribution in [3.05, 3.63) is 35.1 Å². The number of carbonyl (C=O) groups is 1. The van der Waals surface area contributed by atoms with Crippen molar-refractivity contribution in [1.29, 1.82) is 0 Å². The molecule has 1 aromatic carbocycles. The molecular weight excluding hydrogens is 226 g/mol. The second kappa shape index (κ2) is 4.61. The maximum atomic E-state index is 12.8. The van der Waals surface area contributed by atoms with Gasteiger partial charge in [-0.05, 0) is 25.2 Å². The summed E-state index contributed by atoms with van der Waals surface area (Å²) in [6.07, 6.45) is -4.66. The summed E-state index contributed by atoms with van der Waals surface area (Å²) in [5.74, 6) is -1.67. The van der Waals surface area contributed by atoms with Gasteiger partial charge in [0.2, 0.25) is 0 Å². The fourth-order valence-electron chi connectivity index (χ4n) is 1.25. The fourth-order valence-corrected chi connectivity index (χ4v) is 1.25. The molecule has 0 spiro atoms. The molecule has 0 atom stereocenters. The Labute approximate surface area is 89.3 Å². The zero-order valence-corrected chi connectivity index (χ0v) is 8.36. The predicted octanol–water partition coefficient (Wildman–Crippen LogP) is 2.25. The number of alkyl halides is 3. The van der Waals surface area contributed by atoms with Gasteiger partial charge in [-0.15, -0.1) is 0 Å². The Morgan fingerprint density at radius 1 is 1.38 bits per heavy atom. The largest absolute Gasteiger partial charge is 0.417 e. The summed E-state index contributed by atoms with van der Waals surface area (Å²) >= 11 is 0. The summed E-state index contributed by atoms with van der Waals surface area (Å²) in [4.78, 5) is 11.3. The van der Waals surface area contributed by atoms with Gasteiger partial charge < -0.3 is 5.32 Å². The van der Waals surface area contributed by atoms with Gasteiger partial charge in [-0.25, -0.2) is 4.39 Å². The van der Waals surface area contributed by atoms with Gasteiger partial charge in [0.25, 0.3) is 0 Å². The van der Waals surface area contributed by atoms with E-state index in [2.05, 4.69) is 5.32 Å². The van der Waals surface area contributed by atoms with E-state index >= 15 is 0 Å². The molecule has 1 N–H and O–H groups in total. The molecule has 88 valence electrons. The van der Waals surface area contributed by atoms with Crippen molar-refractivity contribution < 1.29 is 22.4 Å². The van der Waals surface area contributed by atoms with Crippen LogP contribution in [-0.2, 0) is 6.18 Å². The highest BCUT2D eigenvalue weighted by Crippen LogP contribution is 2.32. The van der Waals surface area contributed by atoms with Crippen LogP contribution in [0.2, 0.25) is 0 Å². The van der Waals surface area contributed by atoms with E-state index in [-0.39, 0.29) is 6.54 Å². The molecular formula is C10H9F4NO. The standard InChI is InChI=1S/C10H9F4NO/c1-15-5-9(16)7-4-6(11)2-3-8(7)10(12,13)14/h2-4,15H,5H2,1H3. The Bertz CT molecular complexity index is 400. The molecule has 0 aliphatic rings. The highest BCUT2D eigenvalue weighted by Gasteiger charge is 2.35. The average molecular weight is 235 g/mol. The lowest BCUT2D eigenvalue weighted by atomic mass is 10.0. The lowest BCUT2D eigenvalue weighted by molar-refractivity contribution is -0.137. The Morgan fingerprint density at radius 2 is 2.00 bits per heavy atom. The summed E-state index contributed by atoms with van der Waals surface area (Å²) < 4.78 is 50.3. The minimum absolute atomic E-state index is 0.271. The maximum Gasteiger partial charge on any atom is 0.417 e. The number of hydrogen-bond donors (Lipinski definition) is 1. The first-order chi connectivity index (χ1) is 7.36. The van der Waals surface area contributed by atoms with Crippen LogP contribution in [0.25, 0.3) is 0 Å². The number of benzene rings is 1. The van der Waals surface area contributed by atoms with Crippen molar-refractivity contribution in [2.75, 3.05) is 13.6 Å². The maximum absolute atomic E-state index is 12.8. The van der Waals surface area contributed by atoms with Gasteiger partial charge >= 0.3 is 6.18 Å². The molecule has 0 radical (unpaired) electrons. The van der Waals surface area contributed by atoms with Crippen LogP contribution in [-0.4, -0.2) is 19.4 Å². The monoisotopic (exact) mass is 235 g/mol. The minimum atomic E-state index is -4.66. The molecule has 0 aliphatic carbocycles. The molecule has 0 amide bonds. The molecule has 1 rings (SSSR count). The highest BCUT2D eigenvalue weighted by atomic mass is 19.4. The number of carbonyl (C=O) groups excluding carboxylic acids is 1. The van der Waals surface area contributed by atoms with Crippen LogP contribution in [0.5, 0.6) is 0 Å². The van der Waals surface area contributed by atoms with E-state index in [4.69, 9.17) is 0 Å². The SMILES string of the molecule is CNCC(=O)c1cc(F)ccc1C(F)(F)F. The predicted molar refractivity (Wildman–Crippen MR) is 49.7 cm³/mol. The molecule has 1 aromatic rings. The molecule has 0 heterocycles. The number of Topliss-reactive ketones (excluding diaryl/α,β-unsaturated/α-hetero) is 1. The lowest BCUT2D eigenvalue weighted by Crippen LogP contribution is -2.22.